The summed E-state index contributed by atoms with van der Waals surface area (Å²) in [5.74, 6) is -2.05. The average molecular weight is 650 g/mol. The number of benzene rings is 3. The maximum absolute atomic E-state index is 13.4. The number of ether oxygens (including phenoxy) is 2. The van der Waals surface area contributed by atoms with Crippen LogP contribution in [0.4, 0.5) is 57.1 Å². The van der Waals surface area contributed by atoms with Crippen molar-refractivity contribution in [3.63, 3.8) is 0 Å². The number of hydrogen-bond donors (Lipinski definition) is 0. The molecule has 0 amide bonds. The molecule has 0 saturated heterocycles. The number of carbonyl (C=O) groups is 1. The Morgan fingerprint density at radius 2 is 0.841 bits per heavy atom. The number of ketones is 1. The Morgan fingerprint density at radius 3 is 1.11 bits per heavy atom. The zero-order chi connectivity index (χ0) is 33.4. The lowest BCUT2D eigenvalue weighted by atomic mass is 10.0. The SMILES string of the molecule is CC(OC(OC(C)c1cc(C(F)(F)F)cc(C(F)(F)F)c1)C(=O)c1ccc(F)cc1)c1cc(C(F)(F)F)cc(C(F)(F)F)c1. The molecule has 0 spiro atoms. The number of Topliss-reactive ketones (excluding diaryl/α,β-unsaturated/α-hetero) is 1. The van der Waals surface area contributed by atoms with Gasteiger partial charge in [0.15, 0.2) is 0 Å². The van der Waals surface area contributed by atoms with Crippen molar-refractivity contribution in [1.82, 2.24) is 0 Å². The first-order chi connectivity index (χ1) is 20.0. The molecule has 240 valence electrons. The van der Waals surface area contributed by atoms with Crippen molar-refractivity contribution in [1.29, 1.82) is 0 Å². The van der Waals surface area contributed by atoms with Gasteiger partial charge in [0.2, 0.25) is 12.1 Å². The molecular formula is C28H19F13O3. The van der Waals surface area contributed by atoms with Crippen molar-refractivity contribution in [2.24, 2.45) is 0 Å². The molecule has 0 fully saturated rings. The van der Waals surface area contributed by atoms with Gasteiger partial charge in [-0.1, -0.05) is 0 Å². The van der Waals surface area contributed by atoms with Gasteiger partial charge in [0, 0.05) is 5.56 Å². The van der Waals surface area contributed by atoms with Gasteiger partial charge in [0.1, 0.15) is 5.82 Å². The van der Waals surface area contributed by atoms with Gasteiger partial charge in [-0.2, -0.15) is 52.7 Å². The Balaban J connectivity index is 2.07. The third-order valence-corrected chi connectivity index (χ3v) is 6.16. The first kappa shape index (κ1) is 34.8. The number of halogens is 13. The third kappa shape index (κ3) is 8.71. The summed E-state index contributed by atoms with van der Waals surface area (Å²) in [4.78, 5) is 13.2. The van der Waals surface area contributed by atoms with Crippen molar-refractivity contribution >= 4 is 5.78 Å². The Bertz CT molecular complexity index is 1320. The first-order valence-electron chi connectivity index (χ1n) is 12.2. The molecular weight excluding hydrogens is 631 g/mol. The summed E-state index contributed by atoms with van der Waals surface area (Å²) >= 11 is 0. The fourth-order valence-electron chi connectivity index (χ4n) is 3.86. The number of carbonyl (C=O) groups excluding carboxylic acids is 1. The van der Waals surface area contributed by atoms with Gasteiger partial charge in [-0.25, -0.2) is 4.39 Å². The molecule has 0 aliphatic heterocycles. The first-order valence-corrected chi connectivity index (χ1v) is 12.2. The fraction of sp³-hybridized carbons (Fsp3) is 0.321. The third-order valence-electron chi connectivity index (χ3n) is 6.16. The normalized spacial score (nSPS) is 15.2. The average Bonchev–Trinajstić information content (AvgIpc) is 2.90. The topological polar surface area (TPSA) is 35.5 Å². The summed E-state index contributed by atoms with van der Waals surface area (Å²) < 4.78 is 184. The predicted molar refractivity (Wildman–Crippen MR) is 126 cm³/mol. The minimum Gasteiger partial charge on any atom is -0.338 e. The molecule has 0 N–H and O–H groups in total. The maximum Gasteiger partial charge on any atom is 0.416 e. The summed E-state index contributed by atoms with van der Waals surface area (Å²) in [5, 5.41) is 0. The molecule has 0 radical (unpaired) electrons. The molecule has 0 saturated carbocycles. The van der Waals surface area contributed by atoms with Crippen LogP contribution in [-0.4, -0.2) is 12.1 Å². The summed E-state index contributed by atoms with van der Waals surface area (Å²) in [6.45, 7) is 1.86. The van der Waals surface area contributed by atoms with E-state index in [0.717, 1.165) is 38.1 Å². The van der Waals surface area contributed by atoms with Crippen LogP contribution in [0.1, 0.15) is 69.8 Å². The van der Waals surface area contributed by atoms with E-state index < -0.39 is 88.2 Å². The Kier molecular flexibility index (Phi) is 9.80. The highest BCUT2D eigenvalue weighted by atomic mass is 19.4. The van der Waals surface area contributed by atoms with Crippen LogP contribution in [0.3, 0.4) is 0 Å². The van der Waals surface area contributed by atoms with Gasteiger partial charge >= 0.3 is 24.7 Å². The highest BCUT2D eigenvalue weighted by Gasteiger charge is 2.39. The highest BCUT2D eigenvalue weighted by molar-refractivity contribution is 5.98. The Morgan fingerprint density at radius 1 is 0.545 bits per heavy atom. The molecule has 0 aliphatic carbocycles. The van der Waals surface area contributed by atoms with Crippen LogP contribution in [0.5, 0.6) is 0 Å². The van der Waals surface area contributed by atoms with E-state index in [9.17, 15) is 61.9 Å². The molecule has 3 rings (SSSR count). The zero-order valence-corrected chi connectivity index (χ0v) is 22.1. The van der Waals surface area contributed by atoms with Gasteiger partial charge in [0.05, 0.1) is 34.5 Å². The van der Waals surface area contributed by atoms with Crippen LogP contribution >= 0.6 is 0 Å². The summed E-state index contributed by atoms with van der Waals surface area (Å²) in [5.41, 5.74) is -8.78. The van der Waals surface area contributed by atoms with Crippen LogP contribution in [0.15, 0.2) is 60.7 Å². The predicted octanol–water partition coefficient (Wildman–Crippen LogP) is 9.97. The largest absolute Gasteiger partial charge is 0.416 e. The quantitative estimate of drug-likeness (QED) is 0.138. The summed E-state index contributed by atoms with van der Waals surface area (Å²) in [6, 6.07) is 4.23. The van der Waals surface area contributed by atoms with Crippen LogP contribution in [0.25, 0.3) is 0 Å². The van der Waals surface area contributed by atoms with Gasteiger partial charge in [-0.05, 0) is 85.6 Å². The smallest absolute Gasteiger partial charge is 0.338 e. The lowest BCUT2D eigenvalue weighted by molar-refractivity contribution is -0.164. The van der Waals surface area contributed by atoms with Gasteiger partial charge in [-0.15, -0.1) is 0 Å². The van der Waals surface area contributed by atoms with Crippen molar-refractivity contribution in [3.05, 3.63) is 105 Å². The monoisotopic (exact) mass is 650 g/mol. The molecule has 0 bridgehead atoms. The molecule has 44 heavy (non-hydrogen) atoms. The second kappa shape index (κ2) is 12.4. The maximum atomic E-state index is 13.4. The van der Waals surface area contributed by atoms with Crippen molar-refractivity contribution in [2.75, 3.05) is 0 Å². The van der Waals surface area contributed by atoms with Crippen molar-refractivity contribution in [3.8, 4) is 0 Å². The van der Waals surface area contributed by atoms with Crippen molar-refractivity contribution < 1.29 is 71.3 Å². The number of alkyl halides is 12. The lowest BCUT2D eigenvalue weighted by Gasteiger charge is -2.27. The van der Waals surface area contributed by atoms with E-state index in [1.807, 2.05) is 0 Å². The summed E-state index contributed by atoms with van der Waals surface area (Å²) in [7, 11) is 0. The minimum atomic E-state index is -5.25. The molecule has 2 atom stereocenters. The van der Waals surface area contributed by atoms with Crippen molar-refractivity contribution in [2.45, 2.75) is 57.1 Å². The standard InChI is InChI=1S/C28H19F13O3/c1-13(16-7-18(25(30,31)32)11-19(8-16)26(33,34)35)43-24(23(42)15-3-5-22(29)6-4-15)44-14(2)17-9-20(27(36,37)38)12-21(10-17)28(39,40)41/h3-14,24H,1-2H3. The van der Waals surface area contributed by atoms with Gasteiger partial charge in [0.25, 0.3) is 0 Å². The van der Waals surface area contributed by atoms with Crippen LogP contribution in [0, 0.1) is 5.82 Å². The van der Waals surface area contributed by atoms with Crippen LogP contribution < -0.4 is 0 Å². The molecule has 0 aromatic heterocycles. The van der Waals surface area contributed by atoms with E-state index in [1.165, 1.54) is 0 Å². The summed E-state index contributed by atoms with van der Waals surface area (Å²) in [6.07, 6.45) is -26.9. The van der Waals surface area contributed by atoms with Crippen LogP contribution in [0.2, 0.25) is 0 Å². The van der Waals surface area contributed by atoms with E-state index in [0.29, 0.717) is 24.3 Å². The second-order valence-electron chi connectivity index (χ2n) is 9.44. The Labute approximate surface area is 240 Å². The van der Waals surface area contributed by atoms with E-state index in [-0.39, 0.29) is 17.7 Å². The van der Waals surface area contributed by atoms with Gasteiger partial charge in [-0.3, -0.25) is 4.79 Å². The molecule has 2 unspecified atom stereocenters. The molecule has 3 nitrogen and oxygen atoms in total. The minimum absolute atomic E-state index is 0.165. The van der Waals surface area contributed by atoms with Crippen LogP contribution in [-0.2, 0) is 34.2 Å². The van der Waals surface area contributed by atoms with E-state index in [4.69, 9.17) is 9.47 Å². The Hall–Kier alpha value is -3.66. The fourth-order valence-corrected chi connectivity index (χ4v) is 3.86. The van der Waals surface area contributed by atoms with Gasteiger partial charge < -0.3 is 9.47 Å². The lowest BCUT2D eigenvalue weighted by Crippen LogP contribution is -2.30. The van der Waals surface area contributed by atoms with E-state index >= 15 is 0 Å². The molecule has 3 aromatic carbocycles. The molecule has 0 aliphatic rings. The second-order valence-corrected chi connectivity index (χ2v) is 9.44. The number of rotatable bonds is 8. The highest BCUT2D eigenvalue weighted by Crippen LogP contribution is 2.40. The van der Waals surface area contributed by atoms with E-state index in [1.54, 1.807) is 0 Å². The number of hydrogen-bond acceptors (Lipinski definition) is 3. The molecule has 16 heteroatoms. The molecule has 0 heterocycles. The van der Waals surface area contributed by atoms with E-state index in [2.05, 4.69) is 0 Å². The zero-order valence-electron chi connectivity index (χ0n) is 22.1. The molecule has 3 aromatic rings.